The molecular weight excluding hydrogens is 723 g/mol. The van der Waals surface area contributed by atoms with Gasteiger partial charge >= 0.3 is 18.1 Å². The van der Waals surface area contributed by atoms with Crippen molar-refractivity contribution in [2.75, 3.05) is 13.7 Å². The molecule has 0 aliphatic carbocycles. The number of likely N-dealkylation sites (tertiary alicyclic amines) is 1. The first-order valence-electron chi connectivity index (χ1n) is 22.0. The number of amides is 1. The first-order valence-corrected chi connectivity index (χ1v) is 22.0. The molecule has 0 bridgehead atoms. The standard InChI is InChI=1S/C45H74F3NO7/c1-4-5-6-18-27-36(2)28-19-15-16-23-33-40(56-43(54)44(55-3,45(46,47)48)37-29-20-17-21-30-37)39(50)32-22-13-11-9-7-8-10-12-14-24-34-41(51)49-35-26-25-31-38(49)42(52)53/h17,20-21,29-30,36,38-40,50H,4-16,18-19,22-28,31-35H2,1-3H3,(H,52,53)/t36-,38+,39+,40-,44+/m0/s1. The molecule has 1 amide bonds. The third-order valence-corrected chi connectivity index (χ3v) is 11.6. The molecule has 1 heterocycles. The molecule has 2 N–H and O–H groups in total. The van der Waals surface area contributed by atoms with Crippen molar-refractivity contribution in [3.63, 3.8) is 0 Å². The van der Waals surface area contributed by atoms with Gasteiger partial charge in [-0.3, -0.25) is 4.79 Å². The number of aliphatic hydroxyl groups excluding tert-OH is 1. The maximum absolute atomic E-state index is 14.6. The largest absolute Gasteiger partial charge is 0.480 e. The van der Waals surface area contributed by atoms with Crippen LogP contribution >= 0.6 is 0 Å². The van der Waals surface area contributed by atoms with Crippen LogP contribution in [0.1, 0.15) is 186 Å². The van der Waals surface area contributed by atoms with Gasteiger partial charge in [-0.1, -0.05) is 160 Å². The van der Waals surface area contributed by atoms with Crippen LogP contribution in [0.4, 0.5) is 13.2 Å². The summed E-state index contributed by atoms with van der Waals surface area (Å²) < 4.78 is 54.3. The second-order valence-electron chi connectivity index (χ2n) is 16.2. The molecule has 1 aliphatic rings. The SMILES string of the molecule is CCCCCC[C@H](C)CCCCCC[C@H](OC(=O)[C@](OC)(c1ccccc1)C(F)(F)F)[C@H](O)CCCCCCCCCCCCC(=O)N1CCCC[C@@H]1C(=O)O. The summed E-state index contributed by atoms with van der Waals surface area (Å²) >= 11 is 0. The van der Waals surface area contributed by atoms with Crippen molar-refractivity contribution in [1.82, 2.24) is 4.90 Å². The van der Waals surface area contributed by atoms with E-state index < -0.39 is 42.0 Å². The summed E-state index contributed by atoms with van der Waals surface area (Å²) in [7, 11) is 0.858. The molecule has 1 fully saturated rings. The number of unbranched alkanes of at least 4 members (excludes halogenated alkanes) is 15. The molecule has 1 aliphatic heterocycles. The second-order valence-corrected chi connectivity index (χ2v) is 16.2. The topological polar surface area (TPSA) is 113 Å². The number of methoxy groups -OCH3 is 1. The number of carboxylic acid groups (broad SMARTS) is 1. The Morgan fingerprint density at radius 1 is 0.768 bits per heavy atom. The summed E-state index contributed by atoms with van der Waals surface area (Å²) in [5.41, 5.74) is -3.66. The van der Waals surface area contributed by atoms with Crippen molar-refractivity contribution >= 4 is 17.8 Å². The number of hydrogen-bond donors (Lipinski definition) is 2. The van der Waals surface area contributed by atoms with Crippen LogP contribution in [-0.2, 0) is 29.5 Å². The van der Waals surface area contributed by atoms with E-state index in [1.54, 1.807) is 11.0 Å². The highest BCUT2D eigenvalue weighted by molar-refractivity contribution is 5.84. The van der Waals surface area contributed by atoms with Crippen LogP contribution in [0.15, 0.2) is 30.3 Å². The van der Waals surface area contributed by atoms with E-state index in [1.165, 1.54) is 56.4 Å². The van der Waals surface area contributed by atoms with Gasteiger partial charge in [0.25, 0.3) is 5.60 Å². The Morgan fingerprint density at radius 3 is 1.82 bits per heavy atom. The minimum absolute atomic E-state index is 0.0490. The number of nitrogens with zero attached hydrogens (tertiary/aromatic N) is 1. The Morgan fingerprint density at radius 2 is 1.29 bits per heavy atom. The van der Waals surface area contributed by atoms with E-state index in [1.807, 2.05) is 0 Å². The molecule has 0 saturated carbocycles. The molecule has 1 aromatic rings. The summed E-state index contributed by atoms with van der Waals surface area (Å²) in [5.74, 6) is -1.85. The van der Waals surface area contributed by atoms with Crippen molar-refractivity contribution in [3.8, 4) is 0 Å². The lowest BCUT2D eigenvalue weighted by molar-refractivity contribution is -0.279. The quantitative estimate of drug-likeness (QED) is 0.0568. The lowest BCUT2D eigenvalue weighted by Crippen LogP contribution is -2.53. The van der Waals surface area contributed by atoms with E-state index >= 15 is 0 Å². The van der Waals surface area contributed by atoms with Crippen molar-refractivity contribution in [1.29, 1.82) is 0 Å². The van der Waals surface area contributed by atoms with E-state index in [4.69, 9.17) is 9.47 Å². The maximum Gasteiger partial charge on any atom is 0.432 e. The van der Waals surface area contributed by atoms with Crippen molar-refractivity contribution in [3.05, 3.63) is 35.9 Å². The average Bonchev–Trinajstić information content (AvgIpc) is 3.17. The zero-order valence-electron chi connectivity index (χ0n) is 34.8. The van der Waals surface area contributed by atoms with Gasteiger partial charge in [-0.25, -0.2) is 9.59 Å². The number of carboxylic acids is 1. The number of piperidine rings is 1. The predicted molar refractivity (Wildman–Crippen MR) is 215 cm³/mol. The third-order valence-electron chi connectivity index (χ3n) is 11.6. The minimum atomic E-state index is -5.08. The average molecular weight is 798 g/mol. The summed E-state index contributed by atoms with van der Waals surface area (Å²) in [5, 5.41) is 20.6. The van der Waals surface area contributed by atoms with Gasteiger partial charge in [0, 0.05) is 25.6 Å². The number of carbonyl (C=O) groups excluding carboxylic acids is 2. The third kappa shape index (κ3) is 17.5. The molecule has 0 spiro atoms. The molecule has 11 heteroatoms. The normalized spacial score (nSPS) is 17.6. The van der Waals surface area contributed by atoms with Crippen LogP contribution in [0, 0.1) is 5.92 Å². The van der Waals surface area contributed by atoms with Crippen molar-refractivity contribution < 1.29 is 47.2 Å². The number of hydrogen-bond acceptors (Lipinski definition) is 6. The lowest BCUT2D eigenvalue weighted by atomic mass is 9.92. The highest BCUT2D eigenvalue weighted by Gasteiger charge is 2.64. The molecule has 8 nitrogen and oxygen atoms in total. The Labute approximate surface area is 335 Å². The number of benzene rings is 1. The van der Waals surface area contributed by atoms with Crippen LogP contribution in [0.2, 0.25) is 0 Å². The summed E-state index contributed by atoms with van der Waals surface area (Å²) in [6.45, 7) is 5.04. The molecule has 1 aromatic carbocycles. The van der Waals surface area contributed by atoms with Crippen LogP contribution in [0.25, 0.3) is 0 Å². The summed E-state index contributed by atoms with van der Waals surface area (Å²) in [4.78, 5) is 39.1. The van der Waals surface area contributed by atoms with Gasteiger partial charge in [0.2, 0.25) is 5.91 Å². The highest BCUT2D eigenvalue weighted by atomic mass is 19.4. The molecular formula is C45H74F3NO7. The number of alkyl halides is 3. The number of carbonyl (C=O) groups is 3. The van der Waals surface area contributed by atoms with Gasteiger partial charge in [0.1, 0.15) is 12.1 Å². The molecule has 56 heavy (non-hydrogen) atoms. The Hall–Kier alpha value is -2.66. The monoisotopic (exact) mass is 798 g/mol. The molecule has 5 atom stereocenters. The van der Waals surface area contributed by atoms with E-state index in [-0.39, 0.29) is 17.9 Å². The van der Waals surface area contributed by atoms with Crippen molar-refractivity contribution in [2.24, 2.45) is 5.92 Å². The molecule has 2 rings (SSSR count). The van der Waals surface area contributed by atoms with Gasteiger partial charge in [-0.05, 0) is 50.9 Å². The minimum Gasteiger partial charge on any atom is -0.480 e. The fourth-order valence-electron chi connectivity index (χ4n) is 8.05. The van der Waals surface area contributed by atoms with E-state index in [9.17, 15) is 37.8 Å². The smallest absolute Gasteiger partial charge is 0.432 e. The maximum atomic E-state index is 14.6. The van der Waals surface area contributed by atoms with Gasteiger partial charge in [0.15, 0.2) is 0 Å². The number of rotatable bonds is 31. The van der Waals surface area contributed by atoms with Gasteiger partial charge in [0.05, 0.1) is 6.10 Å². The molecule has 322 valence electrons. The molecule has 0 radical (unpaired) electrons. The Kier molecular flexibility index (Phi) is 24.6. The first-order chi connectivity index (χ1) is 26.9. The molecule has 1 saturated heterocycles. The zero-order valence-corrected chi connectivity index (χ0v) is 34.8. The number of ether oxygens (including phenoxy) is 2. The van der Waals surface area contributed by atoms with Gasteiger partial charge in [-0.15, -0.1) is 0 Å². The Bertz CT molecular complexity index is 1220. The highest BCUT2D eigenvalue weighted by Crippen LogP contribution is 2.43. The number of aliphatic hydroxyl groups is 1. The van der Waals surface area contributed by atoms with Crippen LogP contribution in [0.3, 0.4) is 0 Å². The van der Waals surface area contributed by atoms with Gasteiger partial charge in [-0.2, -0.15) is 13.2 Å². The number of esters is 1. The van der Waals surface area contributed by atoms with Crippen LogP contribution < -0.4 is 0 Å². The van der Waals surface area contributed by atoms with Crippen LogP contribution in [0.5, 0.6) is 0 Å². The fraction of sp³-hybridized carbons (Fsp3) is 0.800. The van der Waals surface area contributed by atoms with E-state index in [0.717, 1.165) is 103 Å². The van der Waals surface area contributed by atoms with E-state index in [0.29, 0.717) is 44.6 Å². The predicted octanol–water partition coefficient (Wildman–Crippen LogP) is 11.5. The zero-order chi connectivity index (χ0) is 41.2. The summed E-state index contributed by atoms with van der Waals surface area (Å²) in [6, 6.07) is 6.13. The van der Waals surface area contributed by atoms with Crippen LogP contribution in [-0.4, -0.2) is 71.0 Å². The fourth-order valence-corrected chi connectivity index (χ4v) is 8.05. The first kappa shape index (κ1) is 49.5. The molecule has 0 unspecified atom stereocenters. The number of aliphatic carboxylic acids is 1. The summed E-state index contributed by atoms with van der Waals surface area (Å²) in [6.07, 6.45) is 16.5. The van der Waals surface area contributed by atoms with E-state index in [2.05, 4.69) is 13.8 Å². The second kappa shape index (κ2) is 27.9. The van der Waals surface area contributed by atoms with Gasteiger partial charge < -0.3 is 24.6 Å². The lowest BCUT2D eigenvalue weighted by Gasteiger charge is -2.34. The Balaban J connectivity index is 1.78. The van der Waals surface area contributed by atoms with Crippen molar-refractivity contribution in [2.45, 2.75) is 211 Å². The number of halogens is 3. The molecule has 0 aromatic heterocycles.